The molecule has 0 saturated carbocycles. The first-order chi connectivity index (χ1) is 9.18. The molecule has 0 N–H and O–H groups in total. The van der Waals surface area contributed by atoms with Crippen LogP contribution < -0.4 is 5.46 Å². The Labute approximate surface area is 117 Å². The maximum Gasteiger partial charge on any atom is 0.498 e. The second-order valence-corrected chi connectivity index (χ2v) is 5.50. The molecule has 7 heteroatoms. The van der Waals surface area contributed by atoms with Gasteiger partial charge in [0.2, 0.25) is 5.60 Å². The van der Waals surface area contributed by atoms with Gasteiger partial charge >= 0.3 is 7.12 Å². The van der Waals surface area contributed by atoms with Crippen molar-refractivity contribution in [2.75, 3.05) is 0 Å². The van der Waals surface area contributed by atoms with Crippen molar-refractivity contribution in [3.05, 3.63) is 40.8 Å². The van der Waals surface area contributed by atoms with Gasteiger partial charge in [0.25, 0.3) is 5.69 Å². The third-order valence-electron chi connectivity index (χ3n) is 3.69. The van der Waals surface area contributed by atoms with Crippen molar-refractivity contribution in [2.24, 2.45) is 0 Å². The van der Waals surface area contributed by atoms with E-state index in [0.717, 1.165) is 0 Å². The zero-order valence-electron chi connectivity index (χ0n) is 11.6. The molecule has 20 heavy (non-hydrogen) atoms. The largest absolute Gasteiger partial charge is 0.498 e. The van der Waals surface area contributed by atoms with Crippen LogP contribution in [0.4, 0.5) is 5.69 Å². The fourth-order valence-electron chi connectivity index (χ4n) is 1.90. The first kappa shape index (κ1) is 14.6. The highest BCUT2D eigenvalue weighted by molar-refractivity contribution is 6.62. The average molecular weight is 276 g/mol. The smallest absolute Gasteiger partial charge is 0.395 e. The van der Waals surface area contributed by atoms with Gasteiger partial charge < -0.3 is 9.31 Å². The minimum absolute atomic E-state index is 0.0217. The number of carbonyl (C=O) groups is 1. The van der Waals surface area contributed by atoms with E-state index in [-0.39, 0.29) is 11.3 Å². The molecule has 1 aromatic rings. The van der Waals surface area contributed by atoms with Gasteiger partial charge in [-0.2, -0.15) is 0 Å². The third kappa shape index (κ3) is 2.30. The molecular formula is C13H15BNO5+. The maximum absolute atomic E-state index is 11.0. The molecule has 0 amide bonds. The van der Waals surface area contributed by atoms with Gasteiger partial charge in [-0.15, -0.1) is 0 Å². The van der Waals surface area contributed by atoms with E-state index in [2.05, 4.69) is 6.92 Å². The van der Waals surface area contributed by atoms with Crippen molar-refractivity contribution >= 4 is 24.6 Å². The Balaban J connectivity index is 2.39. The molecule has 0 radical (unpaired) electrons. The molecular weight excluding hydrogens is 261 g/mol. The lowest BCUT2D eigenvalue weighted by molar-refractivity contribution is -0.385. The van der Waals surface area contributed by atoms with Crippen LogP contribution in [-0.2, 0) is 9.31 Å². The maximum atomic E-state index is 11.0. The number of hydrogen-bond acceptors (Lipinski definition) is 5. The Hall–Kier alpha value is -1.86. The lowest BCUT2D eigenvalue weighted by Gasteiger charge is -2.25. The molecule has 1 aliphatic heterocycles. The zero-order chi connectivity index (χ0) is 15.1. The topological polar surface area (TPSA) is 78.7 Å². The van der Waals surface area contributed by atoms with E-state index in [1.165, 1.54) is 12.1 Å². The highest BCUT2D eigenvalue weighted by Gasteiger charge is 2.57. The Morgan fingerprint density at radius 2 is 2.00 bits per heavy atom. The molecule has 6 nitrogen and oxygen atoms in total. The first-order valence-corrected chi connectivity index (χ1v) is 6.12. The summed E-state index contributed by atoms with van der Waals surface area (Å²) in [5.41, 5.74) is -1.15. The minimum atomic E-state index is -0.768. The number of nitrogens with zero attached hydrogens (tertiary/aromatic N) is 1. The van der Waals surface area contributed by atoms with E-state index in [4.69, 9.17) is 9.31 Å². The number of benzene rings is 1. The van der Waals surface area contributed by atoms with Crippen LogP contribution in [0.1, 0.15) is 31.1 Å². The third-order valence-corrected chi connectivity index (χ3v) is 3.69. The number of nitro benzene ring substituents is 1. The Kier molecular flexibility index (Phi) is 3.35. The van der Waals surface area contributed by atoms with Crippen LogP contribution in [-0.4, -0.2) is 29.5 Å². The average Bonchev–Trinajstić information content (AvgIpc) is 2.57. The van der Waals surface area contributed by atoms with Gasteiger partial charge in [-0.3, -0.25) is 14.9 Å². The Morgan fingerprint density at radius 3 is 2.45 bits per heavy atom. The van der Waals surface area contributed by atoms with Crippen LogP contribution >= 0.6 is 0 Å². The van der Waals surface area contributed by atoms with Gasteiger partial charge in [0.15, 0.2) is 6.29 Å². The summed E-state index contributed by atoms with van der Waals surface area (Å²) in [7, 11) is -0.744. The number of carbonyl (C=O) groups excluding carboxylic acids is 1. The van der Waals surface area contributed by atoms with Crippen molar-refractivity contribution in [3.8, 4) is 0 Å². The molecule has 104 valence electrons. The van der Waals surface area contributed by atoms with Crippen molar-refractivity contribution in [2.45, 2.75) is 32.0 Å². The van der Waals surface area contributed by atoms with Gasteiger partial charge in [0.1, 0.15) is 5.60 Å². The highest BCUT2D eigenvalue weighted by atomic mass is 16.7. The van der Waals surface area contributed by atoms with E-state index < -0.39 is 23.2 Å². The molecule has 1 atom stereocenters. The monoisotopic (exact) mass is 276 g/mol. The SMILES string of the molecule is [CH2+]C1(C)OB(c2ccc(C=O)c([N+](=O)[O-])c2)OC1(C)C. The molecule has 0 bridgehead atoms. The Morgan fingerprint density at radius 1 is 1.35 bits per heavy atom. The molecule has 1 fully saturated rings. The number of nitro groups is 1. The lowest BCUT2D eigenvalue weighted by Crippen LogP contribution is -2.42. The lowest BCUT2D eigenvalue weighted by atomic mass is 9.78. The number of aldehydes is 1. The summed E-state index contributed by atoms with van der Waals surface area (Å²) in [6.07, 6.45) is 0.452. The molecule has 1 aromatic carbocycles. The molecule has 0 aromatic heterocycles. The Bertz CT molecular complexity index is 554. The van der Waals surface area contributed by atoms with Crippen LogP contribution in [0.25, 0.3) is 0 Å². The van der Waals surface area contributed by atoms with Gasteiger partial charge in [0.05, 0.1) is 17.4 Å². The van der Waals surface area contributed by atoms with Crippen LogP contribution in [0.5, 0.6) is 0 Å². The van der Waals surface area contributed by atoms with Gasteiger partial charge in [-0.05, 0) is 25.4 Å². The summed E-state index contributed by atoms with van der Waals surface area (Å²) in [4.78, 5) is 21.1. The normalized spacial score (nSPS) is 24.6. The summed E-state index contributed by atoms with van der Waals surface area (Å²) in [6.45, 7) is 9.43. The quantitative estimate of drug-likeness (QED) is 0.275. The van der Waals surface area contributed by atoms with E-state index in [0.29, 0.717) is 11.7 Å². The van der Waals surface area contributed by atoms with Gasteiger partial charge in [-0.1, -0.05) is 6.07 Å². The van der Waals surface area contributed by atoms with Crippen molar-refractivity contribution in [1.29, 1.82) is 0 Å². The highest BCUT2D eigenvalue weighted by Crippen LogP contribution is 2.36. The molecule has 1 saturated heterocycles. The molecule has 1 aliphatic rings. The van der Waals surface area contributed by atoms with Crippen LogP contribution in [0, 0.1) is 17.0 Å². The second-order valence-electron chi connectivity index (χ2n) is 5.50. The van der Waals surface area contributed by atoms with Gasteiger partial charge in [-0.25, -0.2) is 0 Å². The summed E-state index contributed by atoms with van der Waals surface area (Å²) in [5, 5.41) is 11.0. The molecule has 1 heterocycles. The van der Waals surface area contributed by atoms with E-state index >= 15 is 0 Å². The second kappa shape index (κ2) is 4.61. The fourth-order valence-corrected chi connectivity index (χ4v) is 1.90. The summed E-state index contributed by atoms with van der Waals surface area (Å²) in [6, 6.07) is 4.27. The molecule has 0 spiro atoms. The number of hydrogen-bond donors (Lipinski definition) is 0. The molecule has 2 rings (SSSR count). The van der Waals surface area contributed by atoms with Crippen molar-refractivity contribution in [3.63, 3.8) is 0 Å². The van der Waals surface area contributed by atoms with Crippen LogP contribution in [0.3, 0.4) is 0 Å². The van der Waals surface area contributed by atoms with Crippen molar-refractivity contribution in [1.82, 2.24) is 0 Å². The van der Waals surface area contributed by atoms with Crippen molar-refractivity contribution < 1.29 is 19.0 Å². The van der Waals surface area contributed by atoms with Crippen LogP contribution in [0.2, 0.25) is 0 Å². The van der Waals surface area contributed by atoms with Crippen LogP contribution in [0.15, 0.2) is 18.2 Å². The van der Waals surface area contributed by atoms with E-state index in [1.54, 1.807) is 13.0 Å². The summed E-state index contributed by atoms with van der Waals surface area (Å²) < 4.78 is 11.5. The predicted octanol–water partition coefficient (Wildman–Crippen LogP) is 1.52. The minimum Gasteiger partial charge on any atom is -0.395 e. The first-order valence-electron chi connectivity index (χ1n) is 6.12. The molecule has 0 aliphatic carbocycles. The number of rotatable bonds is 3. The molecule has 1 unspecified atom stereocenters. The summed E-state index contributed by atoms with van der Waals surface area (Å²) >= 11 is 0. The zero-order valence-corrected chi connectivity index (χ0v) is 11.6. The summed E-state index contributed by atoms with van der Waals surface area (Å²) in [5.74, 6) is 0. The predicted molar refractivity (Wildman–Crippen MR) is 73.9 cm³/mol. The van der Waals surface area contributed by atoms with E-state index in [1.807, 2.05) is 13.8 Å². The van der Waals surface area contributed by atoms with Gasteiger partial charge in [0, 0.05) is 13.0 Å². The van der Waals surface area contributed by atoms with E-state index in [9.17, 15) is 14.9 Å². The standard InChI is InChI=1S/C13H15BNO5/c1-12(2)13(3,4)20-14(19-12)10-6-5-9(8-16)11(7-10)15(17)18/h5-8H,1H2,2-4H3/q+1. The fraction of sp³-hybridized carbons (Fsp3) is 0.385.